The van der Waals surface area contributed by atoms with Gasteiger partial charge in [-0.15, -0.1) is 0 Å². The summed E-state index contributed by atoms with van der Waals surface area (Å²) in [5.41, 5.74) is 0. The molecule has 5 nitrogen and oxygen atoms in total. The fourth-order valence-corrected chi connectivity index (χ4v) is 7.26. The number of carbonyl (C=O) groups is 1. The predicted octanol–water partition coefficient (Wildman–Crippen LogP) is 5.09. The van der Waals surface area contributed by atoms with E-state index < -0.39 is 45.5 Å². The average Bonchev–Trinajstić information content (AvgIpc) is 2.34. The summed E-state index contributed by atoms with van der Waals surface area (Å²) in [6.07, 6.45) is -0.708. The third-order valence-corrected chi connectivity index (χ3v) is 7.27. The number of hydrogen-bond donors (Lipinski definition) is 0. The number of carbonyl (C=O) groups excluding carboxylic acids is 1. The van der Waals surface area contributed by atoms with Crippen LogP contribution >= 0.6 is 0 Å². The van der Waals surface area contributed by atoms with Crippen molar-refractivity contribution < 1.29 is 22.5 Å². The standard InChI is InChI=1S/C18H44O5Si4/c1-15(20-24(2,3)4)17(22-26(8,9)10)18(23-27(11,12)13)16(14-19)21-25(5,6)7/h14-18H,1-13H3/t15-,16+,17+,18-/m0/s1. The van der Waals surface area contributed by atoms with Crippen LogP contribution in [0.3, 0.4) is 0 Å². The van der Waals surface area contributed by atoms with E-state index in [1.807, 2.05) is 6.92 Å². The molecule has 0 aliphatic rings. The van der Waals surface area contributed by atoms with E-state index in [4.69, 9.17) is 17.7 Å². The van der Waals surface area contributed by atoms with Crippen LogP contribution in [0.5, 0.6) is 0 Å². The molecule has 0 aromatic rings. The Morgan fingerprint density at radius 1 is 0.556 bits per heavy atom. The van der Waals surface area contributed by atoms with E-state index in [0.29, 0.717) is 0 Å². The van der Waals surface area contributed by atoms with E-state index in [0.717, 1.165) is 6.29 Å². The summed E-state index contributed by atoms with van der Waals surface area (Å²) in [5, 5.41) is 0. The van der Waals surface area contributed by atoms with Crippen molar-refractivity contribution in [1.29, 1.82) is 0 Å². The van der Waals surface area contributed by atoms with Gasteiger partial charge in [0.05, 0.1) is 12.2 Å². The molecule has 0 rings (SSSR count). The molecule has 162 valence electrons. The van der Waals surface area contributed by atoms with Gasteiger partial charge in [0.25, 0.3) is 0 Å². The predicted molar refractivity (Wildman–Crippen MR) is 125 cm³/mol. The number of rotatable bonds is 12. The molecule has 9 heteroatoms. The molecule has 0 saturated carbocycles. The Morgan fingerprint density at radius 2 is 0.889 bits per heavy atom. The normalized spacial score (nSPS) is 18.7. The lowest BCUT2D eigenvalue weighted by Crippen LogP contribution is -2.58. The summed E-state index contributed by atoms with van der Waals surface area (Å²) in [6, 6.07) is 0. The van der Waals surface area contributed by atoms with Crippen molar-refractivity contribution in [1.82, 2.24) is 0 Å². The Bertz CT molecular complexity index is 460. The first-order chi connectivity index (χ1) is 11.7. The highest BCUT2D eigenvalue weighted by Gasteiger charge is 2.43. The zero-order chi connectivity index (χ0) is 21.8. The maximum Gasteiger partial charge on any atom is 0.184 e. The van der Waals surface area contributed by atoms with Gasteiger partial charge < -0.3 is 22.5 Å². The summed E-state index contributed by atoms with van der Waals surface area (Å²) < 4.78 is 25.7. The highest BCUT2D eigenvalue weighted by Crippen LogP contribution is 2.27. The molecule has 0 amide bonds. The van der Waals surface area contributed by atoms with Crippen molar-refractivity contribution in [3.63, 3.8) is 0 Å². The average molecular weight is 453 g/mol. The van der Waals surface area contributed by atoms with E-state index >= 15 is 0 Å². The van der Waals surface area contributed by atoms with E-state index in [1.165, 1.54) is 0 Å². The van der Waals surface area contributed by atoms with E-state index in [-0.39, 0.29) is 12.2 Å². The first kappa shape index (κ1) is 27.4. The molecule has 0 spiro atoms. The molecular weight excluding hydrogens is 409 g/mol. The third kappa shape index (κ3) is 13.3. The fourth-order valence-electron chi connectivity index (χ4n) is 2.77. The van der Waals surface area contributed by atoms with Crippen molar-refractivity contribution in [2.24, 2.45) is 0 Å². The summed E-state index contributed by atoms with van der Waals surface area (Å²) in [4.78, 5) is 12.0. The van der Waals surface area contributed by atoms with Gasteiger partial charge in [0.2, 0.25) is 0 Å². The van der Waals surface area contributed by atoms with Crippen molar-refractivity contribution >= 4 is 39.6 Å². The molecule has 0 heterocycles. The van der Waals surface area contributed by atoms with Gasteiger partial charge in [-0.3, -0.25) is 0 Å². The van der Waals surface area contributed by atoms with Gasteiger partial charge in [-0.25, -0.2) is 0 Å². The summed E-state index contributed by atoms with van der Waals surface area (Å²) >= 11 is 0. The smallest absolute Gasteiger partial charge is 0.184 e. The molecule has 0 aliphatic heterocycles. The maximum absolute atomic E-state index is 12.0. The lowest BCUT2D eigenvalue weighted by Gasteiger charge is -2.43. The topological polar surface area (TPSA) is 54.0 Å². The molecule has 0 saturated heterocycles. The fraction of sp³-hybridized carbons (Fsp3) is 0.944. The molecule has 0 fully saturated rings. The van der Waals surface area contributed by atoms with Crippen LogP contribution < -0.4 is 0 Å². The summed E-state index contributed by atoms with van der Waals surface area (Å²) in [7, 11) is -7.57. The first-order valence-electron chi connectivity index (χ1n) is 9.91. The van der Waals surface area contributed by atoms with Crippen LogP contribution in [0, 0.1) is 0 Å². The SMILES string of the molecule is C[C@H](O[Si](C)(C)C)[C@@H](O[Si](C)(C)C)[C@@H](O[Si](C)(C)C)[C@@H](C=O)O[Si](C)(C)C. The van der Waals surface area contributed by atoms with E-state index in [9.17, 15) is 4.79 Å². The Kier molecular flexibility index (Phi) is 10.1. The Labute approximate surface area is 172 Å². The van der Waals surface area contributed by atoms with Gasteiger partial charge in [-0.05, 0) is 85.5 Å². The van der Waals surface area contributed by atoms with Crippen LogP contribution in [-0.2, 0) is 22.5 Å². The molecule has 27 heavy (non-hydrogen) atoms. The molecule has 0 aromatic heterocycles. The second-order valence-electron chi connectivity index (χ2n) is 11.2. The Morgan fingerprint density at radius 3 is 1.19 bits per heavy atom. The lowest BCUT2D eigenvalue weighted by molar-refractivity contribution is -0.125. The number of hydrogen-bond acceptors (Lipinski definition) is 5. The van der Waals surface area contributed by atoms with Crippen LogP contribution in [0.4, 0.5) is 0 Å². The zero-order valence-electron chi connectivity index (χ0n) is 19.9. The largest absolute Gasteiger partial charge is 0.412 e. The van der Waals surface area contributed by atoms with Gasteiger partial charge >= 0.3 is 0 Å². The summed E-state index contributed by atoms with van der Waals surface area (Å²) in [5.74, 6) is 0. The van der Waals surface area contributed by atoms with Crippen LogP contribution in [0.25, 0.3) is 0 Å². The molecule has 0 N–H and O–H groups in total. The zero-order valence-corrected chi connectivity index (χ0v) is 23.9. The quantitative estimate of drug-likeness (QED) is 0.305. The molecule has 0 radical (unpaired) electrons. The van der Waals surface area contributed by atoms with Gasteiger partial charge in [-0.2, -0.15) is 0 Å². The highest BCUT2D eigenvalue weighted by atomic mass is 28.4. The molecule has 0 bridgehead atoms. The molecule has 0 unspecified atom stereocenters. The van der Waals surface area contributed by atoms with Gasteiger partial charge in [-0.1, -0.05) is 0 Å². The van der Waals surface area contributed by atoms with Gasteiger partial charge in [0, 0.05) is 0 Å². The summed E-state index contributed by atoms with van der Waals surface area (Å²) in [6.45, 7) is 27.7. The third-order valence-electron chi connectivity index (χ3n) is 3.25. The second-order valence-corrected chi connectivity index (χ2v) is 29.0. The Hall–Kier alpha value is 0.378. The van der Waals surface area contributed by atoms with Gasteiger partial charge in [0.1, 0.15) is 18.5 Å². The van der Waals surface area contributed by atoms with Crippen LogP contribution in [-0.4, -0.2) is 64.0 Å². The molecular formula is C18H44O5Si4. The molecule has 0 aromatic carbocycles. The number of aldehydes is 1. The first-order valence-corrected chi connectivity index (χ1v) is 23.5. The van der Waals surface area contributed by atoms with E-state index in [1.54, 1.807) is 0 Å². The molecule has 4 atom stereocenters. The van der Waals surface area contributed by atoms with Gasteiger partial charge in [0.15, 0.2) is 33.3 Å². The van der Waals surface area contributed by atoms with Crippen molar-refractivity contribution in [3.8, 4) is 0 Å². The molecule has 0 aliphatic carbocycles. The lowest BCUT2D eigenvalue weighted by atomic mass is 10.1. The highest BCUT2D eigenvalue weighted by molar-refractivity contribution is 6.71. The van der Waals surface area contributed by atoms with Crippen molar-refractivity contribution in [2.45, 2.75) is 110 Å². The van der Waals surface area contributed by atoms with E-state index in [2.05, 4.69) is 78.6 Å². The van der Waals surface area contributed by atoms with Crippen molar-refractivity contribution in [2.75, 3.05) is 0 Å². The van der Waals surface area contributed by atoms with Crippen LogP contribution in [0.15, 0.2) is 0 Å². The van der Waals surface area contributed by atoms with Crippen LogP contribution in [0.1, 0.15) is 6.92 Å². The minimum atomic E-state index is -1.95. The van der Waals surface area contributed by atoms with Crippen molar-refractivity contribution in [3.05, 3.63) is 0 Å². The minimum absolute atomic E-state index is 0.169. The maximum atomic E-state index is 12.0. The van der Waals surface area contributed by atoms with Crippen LogP contribution in [0.2, 0.25) is 78.6 Å². The minimum Gasteiger partial charge on any atom is -0.412 e. The monoisotopic (exact) mass is 452 g/mol. The Balaban J connectivity index is 6.03. The second kappa shape index (κ2) is 9.92.